The molecule has 2 aromatic heterocycles. The third-order valence-corrected chi connectivity index (χ3v) is 7.00. The summed E-state index contributed by atoms with van der Waals surface area (Å²) in [5, 5.41) is 11.0. The highest BCUT2D eigenvalue weighted by Crippen LogP contribution is 2.39. The fourth-order valence-corrected chi connectivity index (χ4v) is 4.65. The molecule has 5 rings (SSSR count). The molecule has 2 aliphatic rings. The van der Waals surface area contributed by atoms with Crippen molar-refractivity contribution in [1.29, 1.82) is 0 Å². The fraction of sp³-hybridized carbons (Fsp3) is 0.393. The maximum atomic E-state index is 15.3. The highest BCUT2D eigenvalue weighted by Gasteiger charge is 2.28. The molecule has 1 saturated heterocycles. The zero-order valence-electron chi connectivity index (χ0n) is 21.9. The molecule has 0 radical (unpaired) electrons. The molecule has 39 heavy (non-hydrogen) atoms. The maximum Gasteiger partial charge on any atom is 0.243 e. The van der Waals surface area contributed by atoms with Crippen LogP contribution in [0.15, 0.2) is 37.1 Å². The third kappa shape index (κ3) is 5.73. The molecule has 2 fully saturated rings. The Bertz CT molecular complexity index is 1370. The lowest BCUT2D eigenvalue weighted by Crippen LogP contribution is -2.52. The summed E-state index contributed by atoms with van der Waals surface area (Å²) in [5.74, 6) is -0.719. The number of aromatic nitrogens is 2. The van der Waals surface area contributed by atoms with Gasteiger partial charge in [0.05, 0.1) is 44.2 Å². The van der Waals surface area contributed by atoms with Crippen molar-refractivity contribution < 1.29 is 27.8 Å². The predicted molar refractivity (Wildman–Crippen MR) is 144 cm³/mol. The van der Waals surface area contributed by atoms with E-state index in [0.29, 0.717) is 49.1 Å². The number of carbonyl (C=O) groups is 1. The predicted octanol–water partition coefficient (Wildman–Crippen LogP) is 4.29. The number of nitrogens with zero attached hydrogens (tertiary/aromatic N) is 2. The lowest BCUT2D eigenvalue weighted by atomic mass is 10.0. The topological polar surface area (TPSA) is 107 Å². The van der Waals surface area contributed by atoms with Crippen LogP contribution in [0.4, 0.5) is 20.4 Å². The second kappa shape index (κ2) is 11.4. The van der Waals surface area contributed by atoms with E-state index < -0.39 is 11.6 Å². The average molecular weight is 540 g/mol. The number of anilines is 2. The first-order chi connectivity index (χ1) is 18.9. The summed E-state index contributed by atoms with van der Waals surface area (Å²) in [5.41, 5.74) is -0.256. The van der Waals surface area contributed by atoms with Crippen LogP contribution >= 0.6 is 0 Å². The monoisotopic (exact) mass is 539 g/mol. The quantitative estimate of drug-likeness (QED) is 0.328. The lowest BCUT2D eigenvalue weighted by Gasteiger charge is -2.32. The van der Waals surface area contributed by atoms with E-state index in [9.17, 15) is 4.79 Å². The fourth-order valence-electron chi connectivity index (χ4n) is 4.65. The minimum Gasteiger partial charge on any atom is -0.494 e. The minimum absolute atomic E-state index is 0.0865. The number of hydrogen-bond acceptors (Lipinski definition) is 8. The maximum absolute atomic E-state index is 15.3. The molecule has 11 heteroatoms. The zero-order chi connectivity index (χ0) is 27.5. The first-order valence-electron chi connectivity index (χ1n) is 12.8. The van der Waals surface area contributed by atoms with Gasteiger partial charge < -0.3 is 30.2 Å². The molecule has 1 aromatic carbocycles. The minimum atomic E-state index is -0.869. The molecule has 1 saturated carbocycles. The number of ether oxygens (including phenoxy) is 3. The second-order valence-electron chi connectivity index (χ2n) is 9.69. The summed E-state index contributed by atoms with van der Waals surface area (Å²) >= 11 is 0. The molecule has 206 valence electrons. The summed E-state index contributed by atoms with van der Waals surface area (Å²) in [6, 6.07) is 4.21. The summed E-state index contributed by atoms with van der Waals surface area (Å²) < 4.78 is 46.5. The Morgan fingerprint density at radius 2 is 1.87 bits per heavy atom. The second-order valence-corrected chi connectivity index (χ2v) is 9.69. The molecule has 1 aliphatic carbocycles. The van der Waals surface area contributed by atoms with Gasteiger partial charge in [0.25, 0.3) is 0 Å². The van der Waals surface area contributed by atoms with Gasteiger partial charge in [-0.05, 0) is 43.4 Å². The molecule has 0 bridgehead atoms. The van der Waals surface area contributed by atoms with Crippen LogP contribution in [0.2, 0.25) is 0 Å². The van der Waals surface area contributed by atoms with E-state index in [0.717, 1.165) is 18.2 Å². The van der Waals surface area contributed by atoms with Crippen molar-refractivity contribution in [2.75, 3.05) is 44.6 Å². The van der Waals surface area contributed by atoms with Gasteiger partial charge in [0.2, 0.25) is 5.91 Å². The van der Waals surface area contributed by atoms with Gasteiger partial charge in [-0.3, -0.25) is 4.79 Å². The van der Waals surface area contributed by atoms with E-state index in [1.54, 1.807) is 12.3 Å². The number of methoxy groups -OCH3 is 2. The number of carbonyl (C=O) groups excluding carboxylic acids is 1. The van der Waals surface area contributed by atoms with Gasteiger partial charge in [0.15, 0.2) is 23.1 Å². The number of pyridine rings is 2. The van der Waals surface area contributed by atoms with Crippen molar-refractivity contribution in [3.63, 3.8) is 0 Å². The summed E-state index contributed by atoms with van der Waals surface area (Å²) in [4.78, 5) is 21.1. The normalized spacial score (nSPS) is 18.9. The van der Waals surface area contributed by atoms with Gasteiger partial charge in [-0.25, -0.2) is 18.7 Å². The van der Waals surface area contributed by atoms with Crippen molar-refractivity contribution in [2.24, 2.45) is 5.92 Å². The standard InChI is InChI=1S/C28H31F2N5O4/c1-4-24(36)34-18-7-8-39-14-20(18)33-23-10-17-16(13-31-23)9-19(35-28(17)32-12-15-5-6-15)25-26(29)21(37-2)11-22(38-3)27(25)30/h4,9-11,13,15,18,20H,1,5-8,12,14H2,2-3H3,(H,31,33)(H,32,35)(H,34,36)/t18-,20+/m0/s1. The van der Waals surface area contributed by atoms with Crippen LogP contribution in [0.25, 0.3) is 22.0 Å². The van der Waals surface area contributed by atoms with Crippen molar-refractivity contribution in [1.82, 2.24) is 15.3 Å². The van der Waals surface area contributed by atoms with E-state index in [1.807, 2.05) is 6.07 Å². The molecule has 3 heterocycles. The summed E-state index contributed by atoms with van der Waals surface area (Å²) in [7, 11) is 2.61. The molecule has 1 amide bonds. The highest BCUT2D eigenvalue weighted by atomic mass is 19.1. The molecule has 3 N–H and O–H groups in total. The summed E-state index contributed by atoms with van der Waals surface area (Å²) in [6.45, 7) is 5.14. The van der Waals surface area contributed by atoms with E-state index in [1.165, 1.54) is 26.4 Å². The van der Waals surface area contributed by atoms with Crippen LogP contribution in [0.5, 0.6) is 11.5 Å². The SMILES string of the molecule is C=CC(=O)N[C@H]1CCOC[C@H]1Nc1cc2c(NCC3CC3)nc(-c3c(F)c(OC)cc(OC)c3F)cc2cn1. The average Bonchev–Trinajstić information content (AvgIpc) is 3.78. The van der Waals surface area contributed by atoms with Crippen molar-refractivity contribution in [3.05, 3.63) is 48.7 Å². The first kappa shape index (κ1) is 26.6. The zero-order valence-corrected chi connectivity index (χ0v) is 21.9. The van der Waals surface area contributed by atoms with E-state index in [-0.39, 0.29) is 40.7 Å². The highest BCUT2D eigenvalue weighted by molar-refractivity contribution is 5.96. The number of benzene rings is 1. The number of fused-ring (bicyclic) bond motifs is 1. The number of nitrogens with one attached hydrogen (secondary N) is 3. The van der Waals surface area contributed by atoms with Crippen LogP contribution in [0, 0.1) is 17.6 Å². The number of halogens is 2. The Labute approximate surface area is 225 Å². The van der Waals surface area contributed by atoms with Crippen LogP contribution in [0.3, 0.4) is 0 Å². The Morgan fingerprint density at radius 3 is 2.54 bits per heavy atom. The molecule has 3 aromatic rings. The molecule has 1 aliphatic heterocycles. The Kier molecular flexibility index (Phi) is 7.78. The van der Waals surface area contributed by atoms with Crippen molar-refractivity contribution >= 4 is 28.3 Å². The van der Waals surface area contributed by atoms with E-state index in [4.69, 9.17) is 14.2 Å². The van der Waals surface area contributed by atoms with Gasteiger partial charge >= 0.3 is 0 Å². The third-order valence-electron chi connectivity index (χ3n) is 7.00. The van der Waals surface area contributed by atoms with Gasteiger partial charge in [-0.2, -0.15) is 0 Å². The molecule has 0 unspecified atom stereocenters. The molecular formula is C28H31F2N5O4. The van der Waals surface area contributed by atoms with Gasteiger partial charge in [-0.15, -0.1) is 0 Å². The van der Waals surface area contributed by atoms with Crippen molar-refractivity contribution in [3.8, 4) is 22.8 Å². The molecular weight excluding hydrogens is 508 g/mol. The lowest BCUT2D eigenvalue weighted by molar-refractivity contribution is -0.117. The van der Waals surface area contributed by atoms with E-state index >= 15 is 8.78 Å². The first-order valence-corrected chi connectivity index (χ1v) is 12.8. The summed E-state index contributed by atoms with van der Waals surface area (Å²) in [6.07, 6.45) is 5.75. The molecule has 0 spiro atoms. The number of amides is 1. The molecule has 9 nitrogen and oxygen atoms in total. The van der Waals surface area contributed by atoms with E-state index in [2.05, 4.69) is 32.5 Å². The van der Waals surface area contributed by atoms with Crippen LogP contribution < -0.4 is 25.4 Å². The number of rotatable bonds is 10. The van der Waals surface area contributed by atoms with Crippen LogP contribution in [0.1, 0.15) is 19.3 Å². The van der Waals surface area contributed by atoms with Crippen LogP contribution in [-0.2, 0) is 9.53 Å². The van der Waals surface area contributed by atoms with Gasteiger partial charge in [-0.1, -0.05) is 6.58 Å². The van der Waals surface area contributed by atoms with Gasteiger partial charge in [0.1, 0.15) is 11.6 Å². The largest absolute Gasteiger partial charge is 0.494 e. The van der Waals surface area contributed by atoms with Crippen LogP contribution in [-0.4, -0.2) is 61.9 Å². The Morgan fingerprint density at radius 1 is 1.13 bits per heavy atom. The van der Waals surface area contributed by atoms with Gasteiger partial charge in [0, 0.05) is 36.2 Å². The smallest absolute Gasteiger partial charge is 0.243 e. The molecule has 2 atom stereocenters. The van der Waals surface area contributed by atoms with Crippen molar-refractivity contribution in [2.45, 2.75) is 31.3 Å². The number of hydrogen-bond donors (Lipinski definition) is 3. The Hall–Kier alpha value is -3.99. The Balaban J connectivity index is 1.54.